The Morgan fingerprint density at radius 1 is 1.15 bits per heavy atom. The number of unbranched alkanes of at least 4 members (excludes halogenated alkanes) is 1. The number of carbonyl (C=O) groups excluding carboxylic acids is 2. The molecule has 27 heavy (non-hydrogen) atoms. The van der Waals surface area contributed by atoms with E-state index in [0.717, 1.165) is 31.6 Å². The summed E-state index contributed by atoms with van der Waals surface area (Å²) in [7, 11) is 0. The number of aromatic nitrogens is 1. The fourth-order valence-electron chi connectivity index (χ4n) is 4.46. The number of piperidine rings is 1. The van der Waals surface area contributed by atoms with Crippen molar-refractivity contribution < 1.29 is 14.1 Å². The van der Waals surface area contributed by atoms with E-state index in [2.05, 4.69) is 17.4 Å². The summed E-state index contributed by atoms with van der Waals surface area (Å²) in [6, 6.07) is 1.72. The highest BCUT2D eigenvalue weighted by molar-refractivity contribution is 5.91. The van der Waals surface area contributed by atoms with E-state index >= 15 is 0 Å². The minimum absolute atomic E-state index is 0.0215. The van der Waals surface area contributed by atoms with Crippen LogP contribution in [0.15, 0.2) is 10.6 Å². The molecule has 1 saturated carbocycles. The van der Waals surface area contributed by atoms with Gasteiger partial charge in [-0.1, -0.05) is 31.3 Å². The van der Waals surface area contributed by atoms with Crippen LogP contribution in [0.1, 0.15) is 70.5 Å². The Kier molecular flexibility index (Phi) is 6.91. The second-order valence-corrected chi connectivity index (χ2v) is 8.27. The molecule has 6 nitrogen and oxygen atoms in total. The quantitative estimate of drug-likeness (QED) is 0.810. The lowest BCUT2D eigenvalue weighted by Crippen LogP contribution is -2.44. The van der Waals surface area contributed by atoms with Gasteiger partial charge in [-0.3, -0.25) is 9.59 Å². The fraction of sp³-hybridized carbons (Fsp3) is 0.762. The van der Waals surface area contributed by atoms with Gasteiger partial charge in [-0.15, -0.1) is 0 Å². The zero-order valence-electron chi connectivity index (χ0n) is 16.7. The van der Waals surface area contributed by atoms with Gasteiger partial charge in [-0.2, -0.15) is 0 Å². The van der Waals surface area contributed by atoms with Crippen LogP contribution in [0.25, 0.3) is 0 Å². The second-order valence-electron chi connectivity index (χ2n) is 8.27. The van der Waals surface area contributed by atoms with Crippen LogP contribution >= 0.6 is 0 Å². The van der Waals surface area contributed by atoms with Gasteiger partial charge in [0.05, 0.1) is 0 Å². The molecule has 2 aliphatic rings. The molecule has 1 aromatic heterocycles. The molecule has 0 atom stereocenters. The number of hydrogen-bond acceptors (Lipinski definition) is 4. The van der Waals surface area contributed by atoms with Gasteiger partial charge in [-0.05, 0) is 51.4 Å². The highest BCUT2D eigenvalue weighted by Crippen LogP contribution is 2.33. The van der Waals surface area contributed by atoms with Crippen molar-refractivity contribution in [3.63, 3.8) is 0 Å². The second kappa shape index (κ2) is 9.38. The van der Waals surface area contributed by atoms with Crippen LogP contribution in [0.3, 0.4) is 0 Å². The molecule has 3 rings (SSSR count). The molecular formula is C21H33N3O3. The van der Waals surface area contributed by atoms with E-state index in [-0.39, 0.29) is 17.7 Å². The molecule has 2 fully saturated rings. The number of hydrogen-bond donors (Lipinski definition) is 1. The SMILES string of the molecule is CCCCC1CCC(C(=O)N2CCC(C(=O)Nc3cc(C)on3)CC2)CC1. The summed E-state index contributed by atoms with van der Waals surface area (Å²) in [6.45, 7) is 5.41. The Hall–Kier alpha value is -1.85. The number of rotatable bonds is 6. The number of nitrogens with zero attached hydrogens (tertiary/aromatic N) is 2. The third-order valence-electron chi connectivity index (χ3n) is 6.22. The molecule has 2 amide bonds. The first-order chi connectivity index (χ1) is 13.1. The van der Waals surface area contributed by atoms with E-state index in [4.69, 9.17) is 4.52 Å². The van der Waals surface area contributed by atoms with E-state index in [1.54, 1.807) is 13.0 Å². The first-order valence-electron chi connectivity index (χ1n) is 10.6. The van der Waals surface area contributed by atoms with Crippen molar-refractivity contribution in [2.24, 2.45) is 17.8 Å². The van der Waals surface area contributed by atoms with Gasteiger partial charge in [0.15, 0.2) is 5.82 Å². The third kappa shape index (κ3) is 5.33. The first kappa shape index (κ1) is 19.9. The summed E-state index contributed by atoms with van der Waals surface area (Å²) >= 11 is 0. The predicted octanol–water partition coefficient (Wildman–Crippen LogP) is 4.16. The van der Waals surface area contributed by atoms with E-state index < -0.39 is 0 Å². The van der Waals surface area contributed by atoms with Crippen molar-refractivity contribution in [3.8, 4) is 0 Å². The lowest BCUT2D eigenvalue weighted by molar-refractivity contribution is -0.139. The molecule has 2 heterocycles. The average molecular weight is 376 g/mol. The Morgan fingerprint density at radius 2 is 1.85 bits per heavy atom. The van der Waals surface area contributed by atoms with Crippen molar-refractivity contribution in [3.05, 3.63) is 11.8 Å². The topological polar surface area (TPSA) is 75.4 Å². The van der Waals surface area contributed by atoms with Crippen LogP contribution in [0, 0.1) is 24.7 Å². The van der Waals surface area contributed by atoms with Crippen LogP contribution in [0.2, 0.25) is 0 Å². The average Bonchev–Trinajstić information content (AvgIpc) is 3.11. The summed E-state index contributed by atoms with van der Waals surface area (Å²) < 4.78 is 4.98. The van der Waals surface area contributed by atoms with Crippen LogP contribution in [0.5, 0.6) is 0 Å². The molecule has 6 heteroatoms. The molecule has 1 aromatic rings. The highest BCUT2D eigenvalue weighted by Gasteiger charge is 2.33. The Morgan fingerprint density at radius 3 is 2.44 bits per heavy atom. The van der Waals surface area contributed by atoms with Crippen LogP contribution < -0.4 is 5.32 Å². The third-order valence-corrected chi connectivity index (χ3v) is 6.22. The van der Waals surface area contributed by atoms with Gasteiger partial charge in [0, 0.05) is 31.0 Å². The minimum atomic E-state index is -0.0594. The van der Waals surface area contributed by atoms with Crippen molar-refractivity contribution in [1.29, 1.82) is 0 Å². The molecule has 0 aromatic carbocycles. The zero-order valence-corrected chi connectivity index (χ0v) is 16.7. The molecule has 1 aliphatic carbocycles. The van der Waals surface area contributed by atoms with Gasteiger partial charge >= 0.3 is 0 Å². The summed E-state index contributed by atoms with van der Waals surface area (Å²) in [4.78, 5) is 27.2. The Labute approximate surface area is 162 Å². The smallest absolute Gasteiger partial charge is 0.228 e. The fourth-order valence-corrected chi connectivity index (χ4v) is 4.46. The van der Waals surface area contributed by atoms with Gasteiger partial charge in [0.1, 0.15) is 5.76 Å². The number of anilines is 1. The maximum absolute atomic E-state index is 12.8. The lowest BCUT2D eigenvalue weighted by Gasteiger charge is -2.36. The first-order valence-corrected chi connectivity index (χ1v) is 10.6. The monoisotopic (exact) mass is 375 g/mol. The molecule has 0 spiro atoms. The van der Waals surface area contributed by atoms with Crippen molar-refractivity contribution in [1.82, 2.24) is 10.1 Å². The summed E-state index contributed by atoms with van der Waals surface area (Å²) in [5, 5.41) is 6.62. The number of likely N-dealkylation sites (tertiary alicyclic amines) is 1. The van der Waals surface area contributed by atoms with Gasteiger partial charge in [-0.25, -0.2) is 0 Å². The highest BCUT2D eigenvalue weighted by atomic mass is 16.5. The van der Waals surface area contributed by atoms with E-state index in [9.17, 15) is 9.59 Å². The van der Waals surface area contributed by atoms with Crippen LogP contribution in [-0.4, -0.2) is 35.0 Å². The van der Waals surface area contributed by atoms with Crippen molar-refractivity contribution >= 4 is 17.6 Å². The standard InChI is InChI=1S/C21H33N3O3/c1-3-4-5-16-6-8-18(9-7-16)21(26)24-12-10-17(11-13-24)20(25)22-19-14-15(2)27-23-19/h14,16-18H,3-13H2,1-2H3,(H,22,23,25). The lowest BCUT2D eigenvalue weighted by atomic mass is 9.79. The summed E-state index contributed by atoms with van der Waals surface area (Å²) in [6.07, 6.45) is 9.82. The van der Waals surface area contributed by atoms with Gasteiger partial charge < -0.3 is 14.7 Å². The molecule has 0 bridgehead atoms. The van der Waals surface area contributed by atoms with Crippen molar-refractivity contribution in [2.75, 3.05) is 18.4 Å². The number of aryl methyl sites for hydroxylation is 1. The van der Waals surface area contributed by atoms with Crippen LogP contribution in [-0.2, 0) is 9.59 Å². The Bertz CT molecular complexity index is 626. The van der Waals surface area contributed by atoms with E-state index in [1.165, 1.54) is 32.1 Å². The molecule has 1 saturated heterocycles. The maximum Gasteiger partial charge on any atom is 0.228 e. The normalized spacial score (nSPS) is 24.0. The maximum atomic E-state index is 12.8. The summed E-state index contributed by atoms with van der Waals surface area (Å²) in [5.41, 5.74) is 0. The predicted molar refractivity (Wildman–Crippen MR) is 104 cm³/mol. The number of amides is 2. The number of carbonyl (C=O) groups is 2. The van der Waals surface area contributed by atoms with Crippen LogP contribution in [0.4, 0.5) is 5.82 Å². The molecule has 1 N–H and O–H groups in total. The molecule has 1 aliphatic heterocycles. The Balaban J connectivity index is 1.41. The zero-order chi connectivity index (χ0) is 19.2. The minimum Gasteiger partial charge on any atom is -0.360 e. The van der Waals surface area contributed by atoms with Gasteiger partial charge in [0.25, 0.3) is 0 Å². The molecule has 0 radical (unpaired) electrons. The van der Waals surface area contributed by atoms with Gasteiger partial charge in [0.2, 0.25) is 11.8 Å². The van der Waals surface area contributed by atoms with E-state index in [0.29, 0.717) is 30.6 Å². The summed E-state index contributed by atoms with van der Waals surface area (Å²) in [5.74, 6) is 2.40. The molecule has 150 valence electrons. The largest absolute Gasteiger partial charge is 0.360 e. The number of nitrogens with one attached hydrogen (secondary N) is 1. The molecule has 0 unspecified atom stereocenters. The van der Waals surface area contributed by atoms with Crippen molar-refractivity contribution in [2.45, 2.75) is 71.6 Å². The van der Waals surface area contributed by atoms with E-state index in [1.807, 2.05) is 4.90 Å². The molecular weight excluding hydrogens is 342 g/mol.